The topological polar surface area (TPSA) is 63.2 Å². The monoisotopic (exact) mass is 319 g/mol. The molecule has 116 valence electrons. The number of benzene rings is 1. The predicted octanol–water partition coefficient (Wildman–Crippen LogP) is 3.63. The summed E-state index contributed by atoms with van der Waals surface area (Å²) >= 11 is 5.72. The summed E-state index contributed by atoms with van der Waals surface area (Å²) in [4.78, 5) is 15.6. The molecule has 0 aliphatic rings. The predicted molar refractivity (Wildman–Crippen MR) is 87.6 cm³/mol. The molecule has 5 nitrogen and oxygen atoms in total. The number of halogens is 1. The van der Waals surface area contributed by atoms with Crippen molar-refractivity contribution in [2.45, 2.75) is 13.3 Å². The van der Waals surface area contributed by atoms with Crippen LogP contribution in [0.15, 0.2) is 42.6 Å². The van der Waals surface area contributed by atoms with Gasteiger partial charge in [-0.15, -0.1) is 0 Å². The molecule has 2 aromatic rings. The van der Waals surface area contributed by atoms with Crippen LogP contribution < -0.4 is 15.4 Å². The van der Waals surface area contributed by atoms with Crippen molar-refractivity contribution in [1.82, 2.24) is 10.3 Å². The quantitative estimate of drug-likeness (QED) is 0.799. The Morgan fingerprint density at radius 1 is 1.23 bits per heavy atom. The second-order valence-electron chi connectivity index (χ2n) is 4.76. The summed E-state index contributed by atoms with van der Waals surface area (Å²) in [7, 11) is 0. The molecule has 0 atom stereocenters. The molecule has 0 saturated carbocycles. The fraction of sp³-hybridized carbons (Fsp3) is 0.250. The maximum Gasteiger partial charge on any atom is 0.320 e. The first-order valence-electron chi connectivity index (χ1n) is 6.99. The average Bonchev–Trinajstić information content (AvgIpc) is 2.51. The molecule has 0 saturated heterocycles. The van der Waals surface area contributed by atoms with Crippen LogP contribution in [-0.4, -0.2) is 24.2 Å². The van der Waals surface area contributed by atoms with Crippen molar-refractivity contribution in [3.63, 3.8) is 0 Å². The summed E-state index contributed by atoms with van der Waals surface area (Å²) in [6.07, 6.45) is 2.20. The first-order valence-corrected chi connectivity index (χ1v) is 7.37. The molecule has 0 bridgehead atoms. The molecule has 2 rings (SSSR count). The van der Waals surface area contributed by atoms with Gasteiger partial charge in [-0.2, -0.15) is 0 Å². The minimum Gasteiger partial charge on any atom is -0.494 e. The van der Waals surface area contributed by atoms with E-state index in [4.69, 9.17) is 16.3 Å². The highest BCUT2D eigenvalue weighted by molar-refractivity contribution is 6.30. The van der Waals surface area contributed by atoms with Gasteiger partial charge in [-0.3, -0.25) is 5.32 Å². The van der Waals surface area contributed by atoms with E-state index >= 15 is 0 Å². The number of nitrogens with one attached hydrogen (secondary N) is 2. The minimum absolute atomic E-state index is 0.301. The van der Waals surface area contributed by atoms with Gasteiger partial charge in [0.05, 0.1) is 11.6 Å². The Kier molecular flexibility index (Phi) is 6.03. The van der Waals surface area contributed by atoms with E-state index in [1.807, 2.05) is 31.2 Å². The van der Waals surface area contributed by atoms with E-state index < -0.39 is 0 Å². The van der Waals surface area contributed by atoms with Crippen LogP contribution in [0.3, 0.4) is 0 Å². The van der Waals surface area contributed by atoms with E-state index in [-0.39, 0.29) is 6.03 Å². The zero-order valence-electron chi connectivity index (χ0n) is 12.3. The maximum atomic E-state index is 11.6. The summed E-state index contributed by atoms with van der Waals surface area (Å²) in [6, 6.07) is 10.9. The molecule has 0 unspecified atom stereocenters. The molecule has 0 aliphatic carbocycles. The van der Waals surface area contributed by atoms with Crippen LogP contribution in [0, 0.1) is 6.92 Å². The number of ether oxygens (including phenoxy) is 1. The first kappa shape index (κ1) is 16.1. The lowest BCUT2D eigenvalue weighted by molar-refractivity contribution is 0.250. The lowest BCUT2D eigenvalue weighted by Crippen LogP contribution is -2.30. The lowest BCUT2D eigenvalue weighted by Gasteiger charge is -2.08. The number of aromatic nitrogens is 1. The van der Waals surface area contributed by atoms with Crippen molar-refractivity contribution in [3.05, 3.63) is 53.2 Å². The smallest absolute Gasteiger partial charge is 0.320 e. The Hall–Kier alpha value is -2.27. The van der Waals surface area contributed by atoms with Gasteiger partial charge in [-0.25, -0.2) is 9.78 Å². The third-order valence-corrected chi connectivity index (χ3v) is 3.09. The Bertz CT molecular complexity index is 600. The normalized spacial score (nSPS) is 10.1. The van der Waals surface area contributed by atoms with E-state index in [0.29, 0.717) is 24.0 Å². The summed E-state index contributed by atoms with van der Waals surface area (Å²) in [5.41, 5.74) is 1.20. The number of aryl methyl sites for hydroxylation is 1. The van der Waals surface area contributed by atoms with Gasteiger partial charge in [0.2, 0.25) is 0 Å². The van der Waals surface area contributed by atoms with Crippen LogP contribution in [0.5, 0.6) is 5.75 Å². The van der Waals surface area contributed by atoms with Gasteiger partial charge in [-0.1, -0.05) is 29.3 Å². The van der Waals surface area contributed by atoms with E-state index in [1.54, 1.807) is 12.1 Å². The molecular formula is C16H18ClN3O2. The van der Waals surface area contributed by atoms with Crippen molar-refractivity contribution in [1.29, 1.82) is 0 Å². The number of nitrogens with zero attached hydrogens (tertiary/aromatic N) is 1. The molecule has 2 amide bonds. The second-order valence-corrected chi connectivity index (χ2v) is 5.19. The van der Waals surface area contributed by atoms with Crippen molar-refractivity contribution in [2.24, 2.45) is 0 Å². The fourth-order valence-corrected chi connectivity index (χ4v) is 1.82. The Labute approximate surface area is 134 Å². The van der Waals surface area contributed by atoms with Crippen molar-refractivity contribution < 1.29 is 9.53 Å². The number of hydrogen-bond acceptors (Lipinski definition) is 3. The van der Waals surface area contributed by atoms with E-state index in [1.165, 1.54) is 11.8 Å². The van der Waals surface area contributed by atoms with Crippen LogP contribution in [-0.2, 0) is 0 Å². The van der Waals surface area contributed by atoms with Gasteiger partial charge in [0.1, 0.15) is 11.6 Å². The summed E-state index contributed by atoms with van der Waals surface area (Å²) in [6.45, 7) is 3.09. The third-order valence-electron chi connectivity index (χ3n) is 2.87. The Morgan fingerprint density at radius 2 is 2.00 bits per heavy atom. The number of anilines is 1. The van der Waals surface area contributed by atoms with Crippen LogP contribution in [0.2, 0.25) is 5.02 Å². The molecule has 1 aromatic carbocycles. The van der Waals surface area contributed by atoms with E-state index in [2.05, 4.69) is 15.6 Å². The lowest BCUT2D eigenvalue weighted by atomic mass is 10.2. The molecule has 22 heavy (non-hydrogen) atoms. The van der Waals surface area contributed by atoms with Gasteiger partial charge in [-0.05, 0) is 37.6 Å². The molecule has 2 N–H and O–H groups in total. The third kappa shape index (κ3) is 5.61. The SMILES string of the molecule is Cc1ccc(OCCCNC(=O)Nc2ccc(Cl)cn2)cc1. The highest BCUT2D eigenvalue weighted by atomic mass is 35.5. The Morgan fingerprint density at radius 3 is 2.68 bits per heavy atom. The molecule has 0 fully saturated rings. The molecular weight excluding hydrogens is 302 g/mol. The highest BCUT2D eigenvalue weighted by Gasteiger charge is 2.02. The summed E-state index contributed by atoms with van der Waals surface area (Å²) in [5, 5.41) is 5.89. The number of urea groups is 1. The van der Waals surface area contributed by atoms with Crippen LogP contribution in [0.1, 0.15) is 12.0 Å². The van der Waals surface area contributed by atoms with Gasteiger partial charge in [0.15, 0.2) is 0 Å². The van der Waals surface area contributed by atoms with Crippen LogP contribution >= 0.6 is 11.6 Å². The molecule has 0 spiro atoms. The molecule has 6 heteroatoms. The molecule has 0 radical (unpaired) electrons. The second kappa shape index (κ2) is 8.24. The largest absolute Gasteiger partial charge is 0.494 e. The number of carbonyl (C=O) groups excluding carboxylic acids is 1. The van der Waals surface area contributed by atoms with Crippen molar-refractivity contribution in [3.8, 4) is 5.75 Å². The summed E-state index contributed by atoms with van der Waals surface area (Å²) < 4.78 is 5.58. The van der Waals surface area contributed by atoms with E-state index in [0.717, 1.165) is 12.2 Å². The summed E-state index contributed by atoms with van der Waals surface area (Å²) in [5.74, 6) is 1.29. The fourth-order valence-electron chi connectivity index (χ4n) is 1.71. The molecule has 1 aromatic heterocycles. The van der Waals surface area contributed by atoms with E-state index in [9.17, 15) is 4.79 Å². The highest BCUT2D eigenvalue weighted by Crippen LogP contribution is 2.11. The van der Waals surface area contributed by atoms with Gasteiger partial charge < -0.3 is 10.1 Å². The number of rotatable bonds is 6. The number of amides is 2. The van der Waals surface area contributed by atoms with Gasteiger partial charge in [0, 0.05) is 12.7 Å². The Balaban J connectivity index is 1.61. The zero-order valence-corrected chi connectivity index (χ0v) is 13.1. The zero-order chi connectivity index (χ0) is 15.8. The number of pyridine rings is 1. The van der Waals surface area contributed by atoms with Gasteiger partial charge in [0.25, 0.3) is 0 Å². The standard InChI is InChI=1S/C16H18ClN3O2/c1-12-3-6-14(7-4-12)22-10-2-9-18-16(21)20-15-8-5-13(17)11-19-15/h3-8,11H,2,9-10H2,1H3,(H2,18,19,20,21). The molecule has 1 heterocycles. The average molecular weight is 320 g/mol. The number of carbonyl (C=O) groups is 1. The first-order chi connectivity index (χ1) is 10.6. The van der Waals surface area contributed by atoms with Crippen molar-refractivity contribution >= 4 is 23.4 Å². The van der Waals surface area contributed by atoms with Crippen LogP contribution in [0.4, 0.5) is 10.6 Å². The van der Waals surface area contributed by atoms with Crippen LogP contribution in [0.25, 0.3) is 0 Å². The number of hydrogen-bond donors (Lipinski definition) is 2. The van der Waals surface area contributed by atoms with Gasteiger partial charge >= 0.3 is 6.03 Å². The minimum atomic E-state index is -0.301. The maximum absolute atomic E-state index is 11.6. The van der Waals surface area contributed by atoms with Crippen molar-refractivity contribution in [2.75, 3.05) is 18.5 Å². The molecule has 0 aliphatic heterocycles.